The van der Waals surface area contributed by atoms with E-state index in [2.05, 4.69) is 30.6 Å². The molecule has 0 spiro atoms. The summed E-state index contributed by atoms with van der Waals surface area (Å²) >= 11 is 1.83. The molecule has 0 N–H and O–H groups in total. The van der Waals surface area contributed by atoms with Gasteiger partial charge in [0.1, 0.15) is 16.5 Å². The number of fused-ring (bicyclic) bond motifs is 3. The van der Waals surface area contributed by atoms with Gasteiger partial charge in [0, 0.05) is 29.8 Å². The van der Waals surface area contributed by atoms with Gasteiger partial charge >= 0.3 is 0 Å². The molecule has 2 bridgehead atoms. The summed E-state index contributed by atoms with van der Waals surface area (Å²) < 4.78 is 5.80. The molecule has 3 saturated heterocycles. The summed E-state index contributed by atoms with van der Waals surface area (Å²) in [7, 11) is 0. The Morgan fingerprint density at radius 1 is 1.07 bits per heavy atom. The van der Waals surface area contributed by atoms with Crippen LogP contribution in [0.1, 0.15) is 42.5 Å². The van der Waals surface area contributed by atoms with Crippen molar-refractivity contribution in [1.29, 1.82) is 0 Å². The number of hydrogen-bond acceptors (Lipinski definition) is 6. The number of aromatic nitrogens is 2. The third kappa shape index (κ3) is 3.55. The molecule has 2 atom stereocenters. The largest absolute Gasteiger partial charge is 0.381 e. The van der Waals surface area contributed by atoms with Crippen molar-refractivity contribution in [2.45, 2.75) is 46.6 Å². The average Bonchev–Trinajstić information content (AvgIpc) is 2.96. The van der Waals surface area contributed by atoms with E-state index in [9.17, 15) is 0 Å². The number of piperidine rings is 2. The summed E-state index contributed by atoms with van der Waals surface area (Å²) in [5, 5.41) is 1.29. The second kappa shape index (κ2) is 7.54. The van der Waals surface area contributed by atoms with Crippen LogP contribution in [-0.4, -0.2) is 54.3 Å². The quantitative estimate of drug-likeness (QED) is 0.779. The van der Waals surface area contributed by atoms with Crippen molar-refractivity contribution in [3.05, 3.63) is 16.3 Å². The molecule has 0 aromatic carbocycles. The molecule has 0 amide bonds. The van der Waals surface area contributed by atoms with Gasteiger partial charge in [-0.05, 0) is 57.7 Å². The van der Waals surface area contributed by atoms with Gasteiger partial charge < -0.3 is 9.64 Å². The van der Waals surface area contributed by atoms with Crippen molar-refractivity contribution in [2.24, 2.45) is 17.8 Å². The molecule has 5 nitrogen and oxygen atoms in total. The molecule has 5 heterocycles. The monoisotopic (exact) mass is 400 g/mol. The van der Waals surface area contributed by atoms with E-state index in [4.69, 9.17) is 14.7 Å². The fourth-order valence-corrected chi connectivity index (χ4v) is 6.17. The van der Waals surface area contributed by atoms with Crippen LogP contribution in [0, 0.1) is 31.6 Å². The number of aryl methyl sites for hydroxylation is 2. The van der Waals surface area contributed by atoms with Crippen molar-refractivity contribution < 1.29 is 4.74 Å². The summed E-state index contributed by atoms with van der Waals surface area (Å²) in [5.41, 5.74) is 1.36. The molecule has 3 aliphatic heterocycles. The molecule has 28 heavy (non-hydrogen) atoms. The first kappa shape index (κ1) is 18.8. The maximum Gasteiger partial charge on any atom is 0.146 e. The van der Waals surface area contributed by atoms with Gasteiger partial charge in [-0.15, -0.1) is 11.3 Å². The number of rotatable bonds is 3. The lowest BCUT2D eigenvalue weighted by Gasteiger charge is -2.42. The molecule has 0 saturated carbocycles. The lowest BCUT2D eigenvalue weighted by Crippen LogP contribution is -2.47. The molecule has 152 valence electrons. The first-order valence-electron chi connectivity index (χ1n) is 10.9. The first-order valence-corrected chi connectivity index (χ1v) is 11.7. The number of thiophene rings is 1. The zero-order valence-electron chi connectivity index (χ0n) is 17.4. The van der Waals surface area contributed by atoms with Crippen LogP contribution in [0.15, 0.2) is 0 Å². The smallest absolute Gasteiger partial charge is 0.146 e. The highest BCUT2D eigenvalue weighted by atomic mass is 32.1. The standard InChI is InChI=1S/C22H32N4OS/c1-14-4-6-25(7-5-14)11-19-23-21(20-15(2)16(3)28-22(20)24-19)26-9-17-8-18(10-26)13-27-12-17/h14,17-18H,4-13H2,1-3H3/t17-,18-/m0/s1. The zero-order valence-corrected chi connectivity index (χ0v) is 18.2. The number of hydrogen-bond donors (Lipinski definition) is 0. The van der Waals surface area contributed by atoms with Gasteiger partial charge in [0.05, 0.1) is 25.1 Å². The number of ether oxygens (including phenoxy) is 1. The number of nitrogens with zero attached hydrogens (tertiary/aromatic N) is 4. The summed E-state index contributed by atoms with van der Waals surface area (Å²) in [5.74, 6) is 4.33. The van der Waals surface area contributed by atoms with Crippen molar-refractivity contribution in [3.63, 3.8) is 0 Å². The van der Waals surface area contributed by atoms with Crippen molar-refractivity contribution in [3.8, 4) is 0 Å². The van der Waals surface area contributed by atoms with E-state index in [0.29, 0.717) is 11.8 Å². The average molecular weight is 401 g/mol. The second-order valence-electron chi connectivity index (χ2n) is 9.30. The molecular weight excluding hydrogens is 368 g/mol. The lowest BCUT2D eigenvalue weighted by atomic mass is 9.88. The van der Waals surface area contributed by atoms with E-state index in [1.54, 1.807) is 0 Å². The minimum absolute atomic E-state index is 0.643. The van der Waals surface area contributed by atoms with Crippen LogP contribution < -0.4 is 4.90 Å². The van der Waals surface area contributed by atoms with Crippen LogP contribution in [0.5, 0.6) is 0 Å². The van der Waals surface area contributed by atoms with Gasteiger partial charge in [-0.25, -0.2) is 9.97 Å². The van der Waals surface area contributed by atoms with E-state index in [-0.39, 0.29) is 0 Å². The van der Waals surface area contributed by atoms with Crippen molar-refractivity contribution in [2.75, 3.05) is 44.3 Å². The third-order valence-electron chi connectivity index (χ3n) is 6.93. The Labute approximate surface area is 172 Å². The topological polar surface area (TPSA) is 41.5 Å². The molecular formula is C22H32N4OS. The Hall–Kier alpha value is -1.24. The normalized spacial score (nSPS) is 26.9. The Kier molecular flexibility index (Phi) is 5.06. The zero-order chi connectivity index (χ0) is 19.3. The minimum atomic E-state index is 0.643. The van der Waals surface area contributed by atoms with E-state index >= 15 is 0 Å². The van der Waals surface area contributed by atoms with Gasteiger partial charge in [-0.1, -0.05) is 6.92 Å². The molecule has 6 heteroatoms. The fraction of sp³-hybridized carbons (Fsp3) is 0.727. The van der Waals surface area contributed by atoms with Gasteiger partial charge in [-0.3, -0.25) is 4.90 Å². The highest BCUT2D eigenvalue weighted by Gasteiger charge is 2.33. The minimum Gasteiger partial charge on any atom is -0.381 e. The van der Waals surface area contributed by atoms with E-state index in [1.807, 2.05) is 11.3 Å². The molecule has 0 aliphatic carbocycles. The van der Waals surface area contributed by atoms with E-state index in [1.165, 1.54) is 58.8 Å². The highest BCUT2D eigenvalue weighted by Crippen LogP contribution is 2.38. The van der Waals surface area contributed by atoms with Gasteiger partial charge in [-0.2, -0.15) is 0 Å². The molecule has 2 aromatic heterocycles. The van der Waals surface area contributed by atoms with Crippen LogP contribution in [-0.2, 0) is 11.3 Å². The van der Waals surface area contributed by atoms with E-state index < -0.39 is 0 Å². The summed E-state index contributed by atoms with van der Waals surface area (Å²) in [6.45, 7) is 14.0. The first-order chi connectivity index (χ1) is 13.6. The third-order valence-corrected chi connectivity index (χ3v) is 8.03. The Morgan fingerprint density at radius 2 is 1.79 bits per heavy atom. The number of likely N-dealkylation sites (tertiary alicyclic amines) is 1. The Morgan fingerprint density at radius 3 is 2.50 bits per heavy atom. The van der Waals surface area contributed by atoms with Crippen molar-refractivity contribution >= 4 is 27.4 Å². The maximum absolute atomic E-state index is 5.80. The molecule has 3 aliphatic rings. The molecule has 0 unspecified atom stereocenters. The van der Waals surface area contributed by atoms with Crippen LogP contribution in [0.25, 0.3) is 10.2 Å². The SMILES string of the molecule is Cc1sc2nc(CN3CCC(C)CC3)nc(N3C[C@H]4COC[C@@H](C4)C3)c2c1C. The van der Waals surface area contributed by atoms with E-state index in [0.717, 1.165) is 44.6 Å². The predicted molar refractivity (Wildman–Crippen MR) is 115 cm³/mol. The Balaban J connectivity index is 1.49. The number of anilines is 1. The summed E-state index contributed by atoms with van der Waals surface area (Å²) in [6.07, 6.45) is 3.90. The van der Waals surface area contributed by atoms with Gasteiger partial charge in [0.25, 0.3) is 0 Å². The highest BCUT2D eigenvalue weighted by molar-refractivity contribution is 7.18. The van der Waals surface area contributed by atoms with Gasteiger partial charge in [0.2, 0.25) is 0 Å². The van der Waals surface area contributed by atoms with Gasteiger partial charge in [0.15, 0.2) is 0 Å². The fourth-order valence-electron chi connectivity index (χ4n) is 5.13. The molecule has 2 aromatic rings. The molecule has 5 rings (SSSR count). The van der Waals surface area contributed by atoms with Crippen molar-refractivity contribution in [1.82, 2.24) is 14.9 Å². The van der Waals surface area contributed by atoms with Crippen LogP contribution in [0.3, 0.4) is 0 Å². The molecule has 0 radical (unpaired) electrons. The summed E-state index contributed by atoms with van der Waals surface area (Å²) in [6, 6.07) is 0. The molecule has 3 fully saturated rings. The van der Waals surface area contributed by atoms with Crippen LogP contribution in [0.2, 0.25) is 0 Å². The van der Waals surface area contributed by atoms with Crippen LogP contribution in [0.4, 0.5) is 5.82 Å². The van der Waals surface area contributed by atoms with Crippen LogP contribution >= 0.6 is 11.3 Å². The Bertz CT molecular complexity index is 846. The predicted octanol–water partition coefficient (Wildman–Crippen LogP) is 4.01. The maximum atomic E-state index is 5.80. The lowest BCUT2D eigenvalue weighted by molar-refractivity contribution is 0.00613. The second-order valence-corrected chi connectivity index (χ2v) is 10.5. The summed E-state index contributed by atoms with van der Waals surface area (Å²) in [4.78, 5) is 17.8.